The second-order valence-electron chi connectivity index (χ2n) is 3.61. The number of nitrogens with two attached hydrogens (primary N) is 2. The first-order valence-corrected chi connectivity index (χ1v) is 5.06. The number of rotatable bonds is 2. The molecule has 0 spiro atoms. The van der Waals surface area contributed by atoms with Crippen LogP contribution in [0, 0.1) is 0 Å². The Kier molecular flexibility index (Phi) is 2.98. The third-order valence-corrected chi connectivity index (χ3v) is 2.52. The molecule has 82 valence electrons. The van der Waals surface area contributed by atoms with Crippen molar-refractivity contribution in [2.75, 3.05) is 36.8 Å². The maximum absolute atomic E-state index is 5.63. The number of hydrogen-bond acceptors (Lipinski definition) is 6. The molecule has 1 saturated heterocycles. The van der Waals surface area contributed by atoms with Crippen LogP contribution >= 0.6 is 0 Å². The third-order valence-electron chi connectivity index (χ3n) is 2.52. The Balaban J connectivity index is 2.09. The van der Waals surface area contributed by atoms with Gasteiger partial charge in [0.15, 0.2) is 0 Å². The van der Waals surface area contributed by atoms with Crippen LogP contribution in [-0.2, 0) is 0 Å². The number of aromatic nitrogens is 2. The van der Waals surface area contributed by atoms with E-state index in [1.54, 1.807) is 6.20 Å². The van der Waals surface area contributed by atoms with Gasteiger partial charge < -0.3 is 21.7 Å². The molecule has 6 nitrogen and oxygen atoms in total. The highest BCUT2D eigenvalue weighted by Gasteiger charge is 2.18. The Hall–Kier alpha value is -1.40. The minimum atomic E-state index is 0.315. The van der Waals surface area contributed by atoms with Crippen LogP contribution in [0.25, 0.3) is 0 Å². The van der Waals surface area contributed by atoms with Crippen LogP contribution < -0.4 is 21.7 Å². The minimum absolute atomic E-state index is 0.315. The van der Waals surface area contributed by atoms with E-state index < -0.39 is 0 Å². The molecule has 1 atom stereocenters. The van der Waals surface area contributed by atoms with Crippen LogP contribution in [0.5, 0.6) is 0 Å². The van der Waals surface area contributed by atoms with E-state index in [0.29, 0.717) is 18.5 Å². The molecule has 2 heterocycles. The van der Waals surface area contributed by atoms with Gasteiger partial charge in [-0.05, 0) is 6.07 Å². The number of nitrogens with one attached hydrogen (secondary N) is 1. The second-order valence-corrected chi connectivity index (χ2v) is 3.61. The van der Waals surface area contributed by atoms with Crippen LogP contribution in [0.1, 0.15) is 0 Å². The number of hydrogen-bond donors (Lipinski definition) is 3. The molecule has 6 heteroatoms. The van der Waals surface area contributed by atoms with Gasteiger partial charge in [-0.15, -0.1) is 0 Å². The zero-order valence-electron chi connectivity index (χ0n) is 8.56. The minimum Gasteiger partial charge on any atom is -0.368 e. The van der Waals surface area contributed by atoms with Gasteiger partial charge in [0.2, 0.25) is 5.95 Å². The molecule has 1 aromatic heterocycles. The van der Waals surface area contributed by atoms with E-state index in [2.05, 4.69) is 20.2 Å². The van der Waals surface area contributed by atoms with E-state index >= 15 is 0 Å². The van der Waals surface area contributed by atoms with Gasteiger partial charge in [0, 0.05) is 38.4 Å². The first-order valence-electron chi connectivity index (χ1n) is 5.06. The molecule has 1 aliphatic rings. The maximum Gasteiger partial charge on any atom is 0.221 e. The summed E-state index contributed by atoms with van der Waals surface area (Å²) >= 11 is 0. The van der Waals surface area contributed by atoms with Crippen molar-refractivity contribution in [3.8, 4) is 0 Å². The van der Waals surface area contributed by atoms with Crippen molar-refractivity contribution in [2.24, 2.45) is 5.73 Å². The Morgan fingerprint density at radius 2 is 2.47 bits per heavy atom. The predicted molar refractivity (Wildman–Crippen MR) is 59.5 cm³/mol. The first-order chi connectivity index (χ1) is 7.29. The average molecular weight is 208 g/mol. The van der Waals surface area contributed by atoms with Crippen molar-refractivity contribution in [2.45, 2.75) is 6.04 Å². The van der Waals surface area contributed by atoms with E-state index in [1.807, 2.05) is 6.07 Å². The molecule has 5 N–H and O–H groups in total. The largest absolute Gasteiger partial charge is 0.368 e. The van der Waals surface area contributed by atoms with E-state index in [1.165, 1.54) is 0 Å². The average Bonchev–Trinajstić information content (AvgIpc) is 2.29. The summed E-state index contributed by atoms with van der Waals surface area (Å²) in [6.07, 6.45) is 1.68. The van der Waals surface area contributed by atoms with Gasteiger partial charge in [-0.2, -0.15) is 4.98 Å². The van der Waals surface area contributed by atoms with Crippen molar-refractivity contribution in [1.29, 1.82) is 0 Å². The monoisotopic (exact) mass is 208 g/mol. The van der Waals surface area contributed by atoms with Gasteiger partial charge in [0.1, 0.15) is 5.82 Å². The number of nitrogen functional groups attached to an aromatic ring is 1. The fraction of sp³-hybridized carbons (Fsp3) is 0.556. The molecule has 2 rings (SSSR count). The predicted octanol–water partition coefficient (Wildman–Crippen LogP) is -1.20. The number of anilines is 2. The summed E-state index contributed by atoms with van der Waals surface area (Å²) in [5.41, 5.74) is 11.2. The summed E-state index contributed by atoms with van der Waals surface area (Å²) in [6.45, 7) is 3.35. The molecule has 1 aliphatic heterocycles. The van der Waals surface area contributed by atoms with Crippen molar-refractivity contribution in [3.05, 3.63) is 12.3 Å². The van der Waals surface area contributed by atoms with E-state index in [-0.39, 0.29) is 0 Å². The molecule has 1 fully saturated rings. The molecule has 0 aliphatic carbocycles. The fourth-order valence-electron chi connectivity index (χ4n) is 1.73. The lowest BCUT2D eigenvalue weighted by Gasteiger charge is -2.33. The van der Waals surface area contributed by atoms with Gasteiger partial charge in [0.25, 0.3) is 0 Å². The van der Waals surface area contributed by atoms with Crippen LogP contribution in [-0.4, -0.2) is 42.2 Å². The smallest absolute Gasteiger partial charge is 0.221 e. The van der Waals surface area contributed by atoms with Crippen LogP contribution in [0.4, 0.5) is 11.8 Å². The van der Waals surface area contributed by atoms with E-state index in [9.17, 15) is 0 Å². The van der Waals surface area contributed by atoms with Crippen molar-refractivity contribution < 1.29 is 0 Å². The normalized spacial score (nSPS) is 21.7. The topological polar surface area (TPSA) is 93.1 Å². The van der Waals surface area contributed by atoms with Crippen molar-refractivity contribution >= 4 is 11.8 Å². The van der Waals surface area contributed by atoms with Gasteiger partial charge in [-0.25, -0.2) is 4.98 Å². The summed E-state index contributed by atoms with van der Waals surface area (Å²) in [4.78, 5) is 10.2. The highest BCUT2D eigenvalue weighted by Crippen LogP contribution is 2.12. The maximum atomic E-state index is 5.63. The van der Waals surface area contributed by atoms with Crippen LogP contribution in [0.2, 0.25) is 0 Å². The highest BCUT2D eigenvalue weighted by molar-refractivity contribution is 5.41. The molecule has 0 aromatic carbocycles. The lowest BCUT2D eigenvalue weighted by Crippen LogP contribution is -2.54. The molecule has 0 bridgehead atoms. The molecule has 15 heavy (non-hydrogen) atoms. The summed E-state index contributed by atoms with van der Waals surface area (Å²) in [5.74, 6) is 1.19. The lowest BCUT2D eigenvalue weighted by atomic mass is 10.2. The zero-order valence-corrected chi connectivity index (χ0v) is 8.56. The zero-order chi connectivity index (χ0) is 10.7. The molecular formula is C9H16N6. The first kappa shape index (κ1) is 10.1. The standard InChI is InChI=1S/C9H16N6/c10-5-7-6-15(4-3-12-7)8-1-2-13-9(11)14-8/h1-2,7,12H,3-6,10H2,(H2,11,13,14). The molecule has 0 amide bonds. The Morgan fingerprint density at radius 1 is 1.60 bits per heavy atom. The molecule has 1 aromatic rings. The van der Waals surface area contributed by atoms with Gasteiger partial charge in [0.05, 0.1) is 0 Å². The Bertz CT molecular complexity index is 328. The van der Waals surface area contributed by atoms with Crippen LogP contribution in [0.15, 0.2) is 12.3 Å². The third kappa shape index (κ3) is 2.34. The lowest BCUT2D eigenvalue weighted by molar-refractivity contribution is 0.461. The summed E-state index contributed by atoms with van der Waals surface area (Å²) in [7, 11) is 0. The summed E-state index contributed by atoms with van der Waals surface area (Å²) in [6, 6.07) is 2.20. The number of piperazine rings is 1. The number of nitrogens with zero attached hydrogens (tertiary/aromatic N) is 3. The molecule has 0 saturated carbocycles. The fourth-order valence-corrected chi connectivity index (χ4v) is 1.73. The molecule has 0 radical (unpaired) electrons. The van der Waals surface area contributed by atoms with E-state index in [4.69, 9.17) is 11.5 Å². The van der Waals surface area contributed by atoms with Crippen molar-refractivity contribution in [3.63, 3.8) is 0 Å². The Labute approximate surface area is 88.7 Å². The second kappa shape index (κ2) is 4.41. The summed E-state index contributed by atoms with van der Waals surface area (Å²) in [5, 5.41) is 3.34. The van der Waals surface area contributed by atoms with Crippen LogP contribution in [0.3, 0.4) is 0 Å². The van der Waals surface area contributed by atoms with E-state index in [0.717, 1.165) is 25.5 Å². The SMILES string of the molecule is NCC1CN(c2ccnc(N)n2)CCN1. The highest BCUT2D eigenvalue weighted by atomic mass is 15.3. The van der Waals surface area contributed by atoms with Gasteiger partial charge in [-0.1, -0.05) is 0 Å². The molecule has 1 unspecified atom stereocenters. The van der Waals surface area contributed by atoms with Crippen molar-refractivity contribution in [1.82, 2.24) is 15.3 Å². The summed E-state index contributed by atoms with van der Waals surface area (Å²) < 4.78 is 0. The quantitative estimate of drug-likeness (QED) is 0.565. The van der Waals surface area contributed by atoms with Gasteiger partial charge in [-0.3, -0.25) is 0 Å². The Morgan fingerprint density at radius 3 is 3.20 bits per heavy atom. The van der Waals surface area contributed by atoms with Gasteiger partial charge >= 0.3 is 0 Å². The molecular weight excluding hydrogens is 192 g/mol.